The molecule has 0 saturated heterocycles. The highest BCUT2D eigenvalue weighted by Gasteiger charge is 2.22. The molecule has 288 valence electrons. The van der Waals surface area contributed by atoms with Crippen molar-refractivity contribution in [1.82, 2.24) is 15.0 Å². The zero-order valence-electron chi connectivity index (χ0n) is 33.5. The van der Waals surface area contributed by atoms with Gasteiger partial charge in [0.15, 0.2) is 17.5 Å². The zero-order chi connectivity index (χ0) is 40.3. The van der Waals surface area contributed by atoms with Crippen LogP contribution in [-0.2, 0) is 6.42 Å². The average molecular weight is 782 g/mol. The van der Waals surface area contributed by atoms with Crippen molar-refractivity contribution in [3.05, 3.63) is 210 Å². The van der Waals surface area contributed by atoms with Gasteiger partial charge in [0.1, 0.15) is 11.3 Å². The van der Waals surface area contributed by atoms with Gasteiger partial charge in [-0.05, 0) is 109 Å². The summed E-state index contributed by atoms with van der Waals surface area (Å²) in [5.41, 5.74) is 12.8. The van der Waals surface area contributed by atoms with Crippen LogP contribution < -0.4 is 0 Å². The third kappa shape index (κ3) is 6.27. The Bertz CT molecular complexity index is 3350. The highest BCUT2D eigenvalue weighted by atomic mass is 16.3. The number of furan rings is 1. The Morgan fingerprint density at radius 1 is 0.328 bits per heavy atom. The Morgan fingerprint density at radius 2 is 0.803 bits per heavy atom. The van der Waals surface area contributed by atoms with Crippen molar-refractivity contribution < 1.29 is 4.42 Å². The van der Waals surface area contributed by atoms with E-state index >= 15 is 0 Å². The number of nitrogens with zero attached hydrogens (tertiary/aromatic N) is 3. The van der Waals surface area contributed by atoms with Gasteiger partial charge < -0.3 is 4.42 Å². The molecule has 0 spiro atoms. The van der Waals surface area contributed by atoms with Gasteiger partial charge in [-0.3, -0.25) is 0 Å². The topological polar surface area (TPSA) is 51.8 Å². The van der Waals surface area contributed by atoms with Crippen molar-refractivity contribution in [1.29, 1.82) is 0 Å². The first kappa shape index (κ1) is 35.3. The van der Waals surface area contributed by atoms with Crippen LogP contribution in [0.15, 0.2) is 198 Å². The van der Waals surface area contributed by atoms with Gasteiger partial charge in [-0.15, -0.1) is 0 Å². The van der Waals surface area contributed by atoms with Crippen LogP contribution >= 0.6 is 0 Å². The fraction of sp³-hybridized carbons (Fsp3) is 0.0702. The van der Waals surface area contributed by atoms with E-state index in [9.17, 15) is 0 Å². The number of hydrogen-bond donors (Lipinski definition) is 0. The predicted octanol–water partition coefficient (Wildman–Crippen LogP) is 14.9. The van der Waals surface area contributed by atoms with E-state index in [1.54, 1.807) is 0 Å². The molecular weight excluding hydrogens is 743 g/mol. The molecule has 0 amide bonds. The van der Waals surface area contributed by atoms with Crippen LogP contribution in [0.2, 0.25) is 0 Å². The maximum absolute atomic E-state index is 6.54. The maximum Gasteiger partial charge on any atom is 0.164 e. The summed E-state index contributed by atoms with van der Waals surface area (Å²) in [6, 6.07) is 60.2. The molecule has 2 aromatic heterocycles. The summed E-state index contributed by atoms with van der Waals surface area (Å²) in [4.78, 5) is 14.8. The lowest BCUT2D eigenvalue weighted by molar-refractivity contribution is 0.543. The predicted molar refractivity (Wildman–Crippen MR) is 252 cm³/mol. The molecule has 2 aliphatic carbocycles. The maximum atomic E-state index is 6.54. The molecule has 0 saturated carbocycles. The SMILES string of the molecule is C1=C(C2=Cc3c(oc4cc(-c5nc(-c6ccccc6)nc(-c6ccccc6)n5)ccc34)CC2)CCC(c2ccc(-c3ccc4c5ccccc5c5ccccc5c4c3)cc2)=C1. The van der Waals surface area contributed by atoms with Gasteiger partial charge in [0.2, 0.25) is 0 Å². The summed E-state index contributed by atoms with van der Waals surface area (Å²) < 4.78 is 6.54. The average Bonchev–Trinajstić information content (AvgIpc) is 3.72. The van der Waals surface area contributed by atoms with E-state index in [-0.39, 0.29) is 0 Å². The van der Waals surface area contributed by atoms with E-state index in [0.29, 0.717) is 17.5 Å². The number of rotatable bonds is 6. The van der Waals surface area contributed by atoms with Gasteiger partial charge in [0, 0.05) is 34.1 Å². The Kier molecular flexibility index (Phi) is 8.41. The fourth-order valence-electron chi connectivity index (χ4n) is 9.45. The van der Waals surface area contributed by atoms with Gasteiger partial charge in [-0.25, -0.2) is 15.0 Å². The molecule has 0 N–H and O–H groups in total. The molecule has 0 atom stereocenters. The largest absolute Gasteiger partial charge is 0.460 e. The van der Waals surface area contributed by atoms with Crippen LogP contribution in [0.5, 0.6) is 0 Å². The van der Waals surface area contributed by atoms with Crippen LogP contribution in [0.4, 0.5) is 0 Å². The van der Waals surface area contributed by atoms with Crippen molar-refractivity contribution in [3.63, 3.8) is 0 Å². The van der Waals surface area contributed by atoms with Crippen LogP contribution in [0, 0.1) is 0 Å². The quantitative estimate of drug-likeness (QED) is 0.158. The molecule has 10 aromatic rings. The molecular formula is C57H39N3O. The second kappa shape index (κ2) is 14.5. The first-order valence-corrected chi connectivity index (χ1v) is 21.2. The highest BCUT2D eigenvalue weighted by molar-refractivity contribution is 6.25. The Hall–Kier alpha value is -7.69. The Balaban J connectivity index is 0.817. The summed E-state index contributed by atoms with van der Waals surface area (Å²) in [6.07, 6.45) is 10.9. The number of benzene rings is 8. The van der Waals surface area contributed by atoms with E-state index in [1.165, 1.54) is 71.3 Å². The van der Waals surface area contributed by atoms with Gasteiger partial charge in [0.05, 0.1) is 0 Å². The van der Waals surface area contributed by atoms with Gasteiger partial charge in [-0.2, -0.15) is 0 Å². The van der Waals surface area contributed by atoms with E-state index in [0.717, 1.165) is 59.1 Å². The summed E-state index contributed by atoms with van der Waals surface area (Å²) >= 11 is 0. The Morgan fingerprint density at radius 3 is 1.43 bits per heavy atom. The summed E-state index contributed by atoms with van der Waals surface area (Å²) in [7, 11) is 0. The lowest BCUT2D eigenvalue weighted by Gasteiger charge is -2.20. The molecule has 0 radical (unpaired) electrons. The number of aryl methyl sites for hydroxylation is 1. The number of aromatic nitrogens is 3. The van der Waals surface area contributed by atoms with Crippen molar-refractivity contribution in [2.45, 2.75) is 25.7 Å². The second-order valence-electron chi connectivity index (χ2n) is 16.2. The third-order valence-electron chi connectivity index (χ3n) is 12.6. The molecule has 0 bridgehead atoms. The molecule has 8 aromatic carbocycles. The normalized spacial score (nSPS) is 13.9. The van der Waals surface area contributed by atoms with Crippen molar-refractivity contribution in [2.24, 2.45) is 0 Å². The first-order valence-electron chi connectivity index (χ1n) is 21.2. The second-order valence-corrected chi connectivity index (χ2v) is 16.2. The number of hydrogen-bond acceptors (Lipinski definition) is 4. The standard InChI is InChI=1S/C57H39N3O/c1-3-11-40(12-4-1)55-58-56(41-13-5-2-6-14-41)60-57(59-55)44-28-31-50-52-34-43(29-32-53(52)61-54(50)35-44)39-25-21-37(22-26-39)36-19-23-38(24-20-36)42-27-30-49-47-17-8-7-15-45(47)46-16-9-10-18-48(46)51(49)33-42/h1-21,23-25,27-28,30-31,33-35H,22,26,29,32H2. The van der Waals surface area contributed by atoms with Gasteiger partial charge in [-0.1, -0.05) is 164 Å². The van der Waals surface area contributed by atoms with Crippen molar-refractivity contribution in [3.8, 4) is 45.3 Å². The van der Waals surface area contributed by atoms with E-state index in [2.05, 4.69) is 127 Å². The third-order valence-corrected chi connectivity index (χ3v) is 12.6. The fourth-order valence-corrected chi connectivity index (χ4v) is 9.45. The van der Waals surface area contributed by atoms with Crippen LogP contribution in [-0.4, -0.2) is 15.0 Å². The van der Waals surface area contributed by atoms with Gasteiger partial charge >= 0.3 is 0 Å². The minimum absolute atomic E-state index is 0.626. The summed E-state index contributed by atoms with van der Waals surface area (Å²) in [6.45, 7) is 0. The van der Waals surface area contributed by atoms with Crippen LogP contribution in [0.1, 0.15) is 36.1 Å². The zero-order valence-corrected chi connectivity index (χ0v) is 33.5. The molecule has 2 heterocycles. The van der Waals surface area contributed by atoms with Crippen molar-refractivity contribution >= 4 is 54.9 Å². The number of fused-ring (bicyclic) bond motifs is 9. The smallest absolute Gasteiger partial charge is 0.164 e. The molecule has 12 rings (SSSR count). The first-order chi connectivity index (χ1) is 30.2. The molecule has 0 fully saturated rings. The molecule has 4 heteroatoms. The monoisotopic (exact) mass is 781 g/mol. The van der Waals surface area contributed by atoms with Crippen LogP contribution in [0.3, 0.4) is 0 Å². The molecule has 0 unspecified atom stereocenters. The lowest BCUT2D eigenvalue weighted by Crippen LogP contribution is -2.02. The summed E-state index contributed by atoms with van der Waals surface area (Å²) in [5, 5.41) is 8.95. The minimum atomic E-state index is 0.626. The molecule has 0 aliphatic heterocycles. The van der Waals surface area contributed by atoms with E-state index < -0.39 is 0 Å². The molecule has 2 aliphatic rings. The highest BCUT2D eigenvalue weighted by Crippen LogP contribution is 2.41. The van der Waals surface area contributed by atoms with E-state index in [4.69, 9.17) is 19.4 Å². The lowest BCUT2D eigenvalue weighted by atomic mass is 9.85. The van der Waals surface area contributed by atoms with Gasteiger partial charge in [0.25, 0.3) is 0 Å². The van der Waals surface area contributed by atoms with Crippen molar-refractivity contribution in [2.75, 3.05) is 0 Å². The molecule has 4 nitrogen and oxygen atoms in total. The summed E-state index contributed by atoms with van der Waals surface area (Å²) in [5.74, 6) is 2.97. The number of allylic oxidation sites excluding steroid dienone is 5. The minimum Gasteiger partial charge on any atom is -0.460 e. The molecule has 61 heavy (non-hydrogen) atoms. The van der Waals surface area contributed by atoms with E-state index in [1.807, 2.05) is 60.7 Å². The van der Waals surface area contributed by atoms with Crippen LogP contribution in [0.25, 0.3) is 100 Å². The Labute approximate surface area is 353 Å².